The van der Waals surface area contributed by atoms with E-state index in [1.165, 1.54) is 0 Å². The molecule has 0 atom stereocenters. The second kappa shape index (κ2) is 8.86. The van der Waals surface area contributed by atoms with Crippen molar-refractivity contribution in [3.05, 3.63) is 70.5 Å². The van der Waals surface area contributed by atoms with E-state index in [4.69, 9.17) is 9.47 Å². The van der Waals surface area contributed by atoms with Crippen LogP contribution in [0.15, 0.2) is 60.1 Å². The van der Waals surface area contributed by atoms with Crippen LogP contribution in [0.2, 0.25) is 0 Å². The minimum atomic E-state index is -0.215. The summed E-state index contributed by atoms with van der Waals surface area (Å²) >= 11 is 1.64. The highest BCUT2D eigenvalue weighted by Gasteiger charge is 2.12. The lowest BCUT2D eigenvalue weighted by Gasteiger charge is -2.28. The number of ether oxygens (including phenoxy) is 2. The van der Waals surface area contributed by atoms with Crippen molar-refractivity contribution in [1.82, 2.24) is 4.98 Å². The Balaban J connectivity index is 1.37. The third kappa shape index (κ3) is 4.68. The number of carbonyl (C=O) groups excluding carboxylic acids is 1. The number of hydrogen-bond donors (Lipinski definition) is 1. The van der Waals surface area contributed by atoms with Crippen LogP contribution in [-0.2, 0) is 11.3 Å². The fourth-order valence-electron chi connectivity index (χ4n) is 2.93. The fraction of sp³-hybridized carbons (Fsp3) is 0.238. The lowest BCUT2D eigenvalue weighted by molar-refractivity contribution is 0.102. The molecule has 0 saturated carbocycles. The first-order valence-electron chi connectivity index (χ1n) is 9.13. The lowest BCUT2D eigenvalue weighted by Crippen LogP contribution is -2.36. The average Bonchev–Trinajstić information content (AvgIpc) is 3.27. The van der Waals surface area contributed by atoms with Crippen molar-refractivity contribution < 1.29 is 14.3 Å². The Hall–Kier alpha value is -2.90. The summed E-state index contributed by atoms with van der Waals surface area (Å²) in [5, 5.41) is 4.85. The summed E-state index contributed by atoms with van der Waals surface area (Å²) in [7, 11) is 0. The number of thiophene rings is 1. The van der Waals surface area contributed by atoms with Crippen molar-refractivity contribution in [2.45, 2.75) is 6.61 Å². The molecule has 1 aliphatic heterocycles. The van der Waals surface area contributed by atoms with E-state index in [9.17, 15) is 4.79 Å². The van der Waals surface area contributed by atoms with Crippen molar-refractivity contribution >= 4 is 28.7 Å². The van der Waals surface area contributed by atoms with Crippen molar-refractivity contribution in [3.8, 4) is 5.75 Å². The van der Waals surface area contributed by atoms with E-state index in [0.717, 1.165) is 36.9 Å². The lowest BCUT2D eigenvalue weighted by atomic mass is 10.2. The number of pyridine rings is 1. The molecule has 0 spiro atoms. The first kappa shape index (κ1) is 18.5. The number of aromatic nitrogens is 1. The van der Waals surface area contributed by atoms with Gasteiger partial charge in [-0.15, -0.1) is 11.3 Å². The number of carbonyl (C=O) groups is 1. The van der Waals surface area contributed by atoms with Crippen molar-refractivity contribution in [2.24, 2.45) is 0 Å². The Bertz CT molecular complexity index is 907. The Morgan fingerprint density at radius 1 is 1.18 bits per heavy atom. The molecule has 7 heteroatoms. The van der Waals surface area contributed by atoms with Gasteiger partial charge in [0.25, 0.3) is 5.91 Å². The number of nitrogens with one attached hydrogen (secondary N) is 1. The first-order chi connectivity index (χ1) is 13.8. The molecule has 6 nitrogen and oxygen atoms in total. The summed E-state index contributed by atoms with van der Waals surface area (Å²) in [5.41, 5.74) is 1.56. The van der Waals surface area contributed by atoms with Crippen LogP contribution in [0.4, 0.5) is 11.5 Å². The molecule has 144 valence electrons. The molecule has 1 N–H and O–H groups in total. The molecule has 0 radical (unpaired) electrons. The van der Waals surface area contributed by atoms with Gasteiger partial charge in [-0.05, 0) is 41.8 Å². The van der Waals surface area contributed by atoms with Gasteiger partial charge >= 0.3 is 0 Å². The zero-order valence-corrected chi connectivity index (χ0v) is 16.2. The van der Waals surface area contributed by atoms with E-state index in [1.807, 2.05) is 41.8 Å². The maximum absolute atomic E-state index is 12.6. The van der Waals surface area contributed by atoms with Gasteiger partial charge in [-0.1, -0.05) is 12.1 Å². The monoisotopic (exact) mass is 395 g/mol. The zero-order chi connectivity index (χ0) is 19.2. The summed E-state index contributed by atoms with van der Waals surface area (Å²) in [6.07, 6.45) is 1.78. The van der Waals surface area contributed by atoms with Crippen LogP contribution >= 0.6 is 11.3 Å². The molecular weight excluding hydrogens is 374 g/mol. The molecule has 28 heavy (non-hydrogen) atoms. The second-order valence-corrected chi connectivity index (χ2v) is 7.38. The third-order valence-electron chi connectivity index (χ3n) is 4.42. The quantitative estimate of drug-likeness (QED) is 0.688. The highest BCUT2D eigenvalue weighted by atomic mass is 32.1. The number of rotatable bonds is 6. The van der Waals surface area contributed by atoms with Crippen molar-refractivity contribution in [1.29, 1.82) is 0 Å². The number of hydrogen-bond acceptors (Lipinski definition) is 6. The summed E-state index contributed by atoms with van der Waals surface area (Å²) in [4.78, 5) is 20.3. The summed E-state index contributed by atoms with van der Waals surface area (Å²) in [5.74, 6) is 0.969. The molecule has 0 aliphatic carbocycles. The first-order valence-corrected chi connectivity index (χ1v) is 10.0. The standard InChI is InChI=1S/C21H21N3O3S/c25-21(16-3-1-4-18(13-16)27-15-19-5-2-12-28-19)23-20-7-6-17(14-22-20)24-8-10-26-11-9-24/h1-7,12-14H,8-11,15H2,(H,22,23,25). The van der Waals surface area contributed by atoms with Gasteiger partial charge in [-0.25, -0.2) is 4.98 Å². The Morgan fingerprint density at radius 2 is 2.07 bits per heavy atom. The van der Waals surface area contributed by atoms with Crippen LogP contribution in [0.25, 0.3) is 0 Å². The molecule has 1 aliphatic rings. The normalized spacial score (nSPS) is 13.9. The summed E-state index contributed by atoms with van der Waals surface area (Å²) < 4.78 is 11.1. The Labute approximate surface area is 167 Å². The highest BCUT2D eigenvalue weighted by Crippen LogP contribution is 2.19. The predicted molar refractivity (Wildman–Crippen MR) is 110 cm³/mol. The maximum Gasteiger partial charge on any atom is 0.256 e. The van der Waals surface area contributed by atoms with Crippen LogP contribution in [-0.4, -0.2) is 37.2 Å². The van der Waals surface area contributed by atoms with Gasteiger partial charge in [0.15, 0.2) is 0 Å². The molecule has 1 fully saturated rings. The fourth-order valence-corrected chi connectivity index (χ4v) is 3.55. The molecule has 2 aromatic heterocycles. The minimum Gasteiger partial charge on any atom is -0.488 e. The summed E-state index contributed by atoms with van der Waals surface area (Å²) in [6.45, 7) is 3.65. The van der Waals surface area contributed by atoms with Crippen molar-refractivity contribution in [2.75, 3.05) is 36.5 Å². The van der Waals surface area contributed by atoms with Gasteiger partial charge in [-0.3, -0.25) is 4.79 Å². The second-order valence-electron chi connectivity index (χ2n) is 6.35. The van der Waals surface area contributed by atoms with E-state index in [2.05, 4.69) is 15.2 Å². The topological polar surface area (TPSA) is 63.7 Å². The molecular formula is C21H21N3O3S. The number of amides is 1. The largest absolute Gasteiger partial charge is 0.488 e. The number of anilines is 2. The van der Waals surface area contributed by atoms with Crippen molar-refractivity contribution in [3.63, 3.8) is 0 Å². The van der Waals surface area contributed by atoms with Crippen LogP contribution in [0.1, 0.15) is 15.2 Å². The Kier molecular flexibility index (Phi) is 5.84. The zero-order valence-electron chi connectivity index (χ0n) is 15.3. The van der Waals surface area contributed by atoms with Crippen LogP contribution < -0.4 is 15.0 Å². The Morgan fingerprint density at radius 3 is 2.82 bits per heavy atom. The van der Waals surface area contributed by atoms with E-state index in [-0.39, 0.29) is 5.91 Å². The summed E-state index contributed by atoms with van der Waals surface area (Å²) in [6, 6.07) is 15.0. The molecule has 1 amide bonds. The van der Waals surface area contributed by atoms with Crippen LogP contribution in [0.5, 0.6) is 5.75 Å². The van der Waals surface area contributed by atoms with Gasteiger partial charge in [0.2, 0.25) is 0 Å². The number of benzene rings is 1. The highest BCUT2D eigenvalue weighted by molar-refractivity contribution is 7.09. The van der Waals surface area contributed by atoms with Gasteiger partial charge in [-0.2, -0.15) is 0 Å². The molecule has 3 aromatic rings. The average molecular weight is 395 g/mol. The van der Waals surface area contributed by atoms with Gasteiger partial charge in [0.1, 0.15) is 18.2 Å². The van der Waals surface area contributed by atoms with E-state index in [1.54, 1.807) is 29.7 Å². The smallest absolute Gasteiger partial charge is 0.256 e. The van der Waals surface area contributed by atoms with Gasteiger partial charge < -0.3 is 19.7 Å². The maximum atomic E-state index is 12.6. The van der Waals surface area contributed by atoms with Crippen LogP contribution in [0, 0.1) is 0 Å². The third-order valence-corrected chi connectivity index (χ3v) is 5.27. The van der Waals surface area contributed by atoms with Gasteiger partial charge in [0, 0.05) is 23.5 Å². The molecule has 1 saturated heterocycles. The number of morpholine rings is 1. The molecule has 3 heterocycles. The van der Waals surface area contributed by atoms with E-state index in [0.29, 0.717) is 23.7 Å². The molecule has 1 aromatic carbocycles. The molecule has 0 unspecified atom stereocenters. The van der Waals surface area contributed by atoms with E-state index < -0.39 is 0 Å². The molecule has 4 rings (SSSR count). The SMILES string of the molecule is O=C(Nc1ccc(N2CCOCC2)cn1)c1cccc(OCc2cccs2)c1. The van der Waals surface area contributed by atoms with Crippen LogP contribution in [0.3, 0.4) is 0 Å². The van der Waals surface area contributed by atoms with E-state index >= 15 is 0 Å². The minimum absolute atomic E-state index is 0.215. The number of nitrogens with zero attached hydrogens (tertiary/aromatic N) is 2. The van der Waals surface area contributed by atoms with Gasteiger partial charge in [0.05, 0.1) is 25.1 Å². The molecule has 0 bridgehead atoms. The predicted octanol–water partition coefficient (Wildman–Crippen LogP) is 3.81.